The lowest BCUT2D eigenvalue weighted by molar-refractivity contribution is -0.402. The topological polar surface area (TPSA) is 175 Å². The highest BCUT2D eigenvalue weighted by atomic mass is 16.8. The number of aliphatic hydroxyl groups excluding tert-OH is 4. The van der Waals surface area contributed by atoms with E-state index in [1.807, 2.05) is 13.0 Å². The number of hydrogen-bond acceptors (Lipinski definition) is 11. The Bertz CT molecular complexity index is 1250. The predicted molar refractivity (Wildman–Crippen MR) is 165 cm³/mol. The second kappa shape index (κ2) is 11.7. The number of rotatable bonds is 6. The molecule has 4 fully saturated rings. The van der Waals surface area contributed by atoms with Gasteiger partial charge in [0.15, 0.2) is 18.4 Å². The molecule has 0 amide bonds. The third-order valence-corrected chi connectivity index (χ3v) is 14.1. The molecule has 0 bridgehead atoms. The minimum atomic E-state index is -1.76. The second-order valence-electron chi connectivity index (χ2n) is 15.8. The maximum Gasteiger partial charge on any atom is 0.192 e. The first-order valence-electron chi connectivity index (χ1n) is 17.0. The van der Waals surface area contributed by atoms with E-state index in [9.17, 15) is 35.4 Å². The van der Waals surface area contributed by atoms with Crippen LogP contribution in [0.15, 0.2) is 23.8 Å². The molecule has 0 unspecified atom stereocenters. The molecule has 2 saturated carbocycles. The maximum absolute atomic E-state index is 13.3. The van der Waals surface area contributed by atoms with Gasteiger partial charge in [0.2, 0.25) is 0 Å². The highest BCUT2D eigenvalue weighted by Crippen LogP contribution is 2.68. The lowest BCUT2D eigenvalue weighted by atomic mass is 9.46. The van der Waals surface area contributed by atoms with Crippen LogP contribution >= 0.6 is 0 Å². The smallest absolute Gasteiger partial charge is 0.192 e. The molecular formula is C35H54O11. The molecule has 2 aliphatic heterocycles. The quantitative estimate of drug-likeness (QED) is 0.231. The summed E-state index contributed by atoms with van der Waals surface area (Å²) >= 11 is 0. The van der Waals surface area contributed by atoms with Crippen LogP contribution in [0, 0.1) is 34.5 Å². The Morgan fingerprint density at radius 3 is 2.37 bits per heavy atom. The summed E-state index contributed by atoms with van der Waals surface area (Å²) in [5, 5.41) is 65.5. The Hall–Kier alpha value is -1.25. The number of ether oxygens (including phenoxy) is 4. The molecule has 4 aliphatic carbocycles. The first-order valence-corrected chi connectivity index (χ1v) is 17.0. The predicted octanol–water partition coefficient (Wildman–Crippen LogP) is 1.75. The fourth-order valence-corrected chi connectivity index (χ4v) is 10.5. The first kappa shape index (κ1) is 34.6. The van der Waals surface area contributed by atoms with Gasteiger partial charge in [0.05, 0.1) is 23.7 Å². The number of carbonyl (C=O) groups is 1. The summed E-state index contributed by atoms with van der Waals surface area (Å²) in [7, 11) is 1.49. The molecule has 6 aliphatic rings. The zero-order chi connectivity index (χ0) is 33.6. The van der Waals surface area contributed by atoms with Crippen molar-refractivity contribution in [3.63, 3.8) is 0 Å². The number of ketones is 1. The van der Waals surface area contributed by atoms with Crippen LogP contribution in [0.4, 0.5) is 0 Å². The van der Waals surface area contributed by atoms with Gasteiger partial charge in [-0.3, -0.25) is 4.79 Å². The van der Waals surface area contributed by atoms with Crippen molar-refractivity contribution in [3.05, 3.63) is 23.8 Å². The number of fused-ring (bicyclic) bond motifs is 5. The minimum Gasteiger partial charge on any atom is -0.394 e. The van der Waals surface area contributed by atoms with Crippen LogP contribution in [-0.4, -0.2) is 110 Å². The van der Waals surface area contributed by atoms with Gasteiger partial charge in [0, 0.05) is 19.4 Å². The van der Waals surface area contributed by atoms with Crippen molar-refractivity contribution in [3.8, 4) is 0 Å². The molecule has 6 rings (SSSR count). The number of carbonyl (C=O) groups excluding carboxylic acids is 1. The van der Waals surface area contributed by atoms with E-state index in [1.54, 1.807) is 13.0 Å². The fraction of sp³-hybridized carbons (Fsp3) is 0.857. The monoisotopic (exact) mass is 650 g/mol. The third-order valence-electron chi connectivity index (χ3n) is 14.1. The molecule has 46 heavy (non-hydrogen) atoms. The van der Waals surface area contributed by atoms with Crippen molar-refractivity contribution < 1.29 is 54.4 Å². The Kier molecular flexibility index (Phi) is 8.78. The molecule has 2 saturated heterocycles. The van der Waals surface area contributed by atoms with Gasteiger partial charge >= 0.3 is 0 Å². The molecule has 0 aromatic rings. The van der Waals surface area contributed by atoms with Crippen LogP contribution in [0.2, 0.25) is 0 Å². The van der Waals surface area contributed by atoms with Crippen molar-refractivity contribution in [2.45, 2.75) is 139 Å². The molecule has 16 atom stereocenters. The van der Waals surface area contributed by atoms with Gasteiger partial charge in [-0.1, -0.05) is 31.6 Å². The molecule has 2 heterocycles. The van der Waals surface area contributed by atoms with Crippen LogP contribution in [0.25, 0.3) is 0 Å². The van der Waals surface area contributed by atoms with Crippen LogP contribution in [0.3, 0.4) is 0 Å². The Balaban J connectivity index is 1.26. The summed E-state index contributed by atoms with van der Waals surface area (Å²) in [6.07, 6.45) is 1.31. The van der Waals surface area contributed by atoms with Gasteiger partial charge in [0.1, 0.15) is 35.6 Å². The van der Waals surface area contributed by atoms with E-state index in [2.05, 4.69) is 19.9 Å². The first-order chi connectivity index (χ1) is 21.5. The summed E-state index contributed by atoms with van der Waals surface area (Å²) < 4.78 is 24.0. The van der Waals surface area contributed by atoms with Crippen molar-refractivity contribution in [1.82, 2.24) is 0 Å². The summed E-state index contributed by atoms with van der Waals surface area (Å²) in [5.41, 5.74) is -3.79. The van der Waals surface area contributed by atoms with Gasteiger partial charge in [0.25, 0.3) is 0 Å². The van der Waals surface area contributed by atoms with Crippen LogP contribution in [0.5, 0.6) is 0 Å². The summed E-state index contributed by atoms with van der Waals surface area (Å²) in [6.45, 7) is 8.91. The van der Waals surface area contributed by atoms with E-state index in [1.165, 1.54) is 19.6 Å². The number of methoxy groups -OCH3 is 1. The van der Waals surface area contributed by atoms with E-state index in [0.29, 0.717) is 6.42 Å². The van der Waals surface area contributed by atoms with Gasteiger partial charge in [-0.25, -0.2) is 0 Å². The average molecular weight is 651 g/mol. The normalized spacial score (nSPS) is 54.4. The molecule has 0 aromatic carbocycles. The molecule has 11 nitrogen and oxygen atoms in total. The largest absolute Gasteiger partial charge is 0.394 e. The Morgan fingerprint density at radius 1 is 1.00 bits per heavy atom. The van der Waals surface area contributed by atoms with Crippen LogP contribution in [-0.2, 0) is 23.7 Å². The molecular weight excluding hydrogens is 596 g/mol. The van der Waals surface area contributed by atoms with Gasteiger partial charge in [-0.2, -0.15) is 0 Å². The van der Waals surface area contributed by atoms with E-state index in [0.717, 1.165) is 32.1 Å². The Labute approximate surface area is 271 Å². The highest BCUT2D eigenvalue weighted by Gasteiger charge is 2.68. The maximum atomic E-state index is 13.3. The SMILES string of the molecule is CO[C@]1(C)C[C@H]([C@@H](C)[C@@]2(O)CC[C@H]3[C@@H]4CC=C5CC=CC(=O)[C@]5(C)[C@H]4CC[C@@]32C)O[C@@H](O[C@@H]2O[C@H](CO)[C@@H](O)[C@H](O)[C@H]2O)[C@@]1(C)O. The van der Waals surface area contributed by atoms with E-state index < -0.39 is 83.3 Å². The molecule has 260 valence electrons. The zero-order valence-electron chi connectivity index (χ0n) is 28.0. The average Bonchev–Trinajstić information content (AvgIpc) is 3.30. The van der Waals surface area contributed by atoms with E-state index >= 15 is 0 Å². The third kappa shape index (κ3) is 4.71. The van der Waals surface area contributed by atoms with Crippen molar-refractivity contribution in [2.24, 2.45) is 34.5 Å². The van der Waals surface area contributed by atoms with Crippen LogP contribution in [0.1, 0.15) is 79.6 Å². The van der Waals surface area contributed by atoms with Crippen molar-refractivity contribution in [1.29, 1.82) is 0 Å². The lowest BCUT2D eigenvalue weighted by Gasteiger charge is -2.60. The number of hydrogen-bond donors (Lipinski definition) is 6. The second-order valence-corrected chi connectivity index (χ2v) is 15.8. The zero-order valence-corrected chi connectivity index (χ0v) is 28.0. The van der Waals surface area contributed by atoms with Crippen molar-refractivity contribution in [2.75, 3.05) is 13.7 Å². The number of aliphatic hydroxyl groups is 6. The standard InChI is InChI=1S/C35H54O11/c1-18(23-16-32(3,43-6)34(5,41)30(45-23)46-29-28(40)27(39)26(38)24(17-36)44-29)35(42)15-13-21-20-11-10-19-8-7-9-25(37)33(19,4)22(20)12-14-31(21,35)2/h7,9-10,18,20-24,26-30,36,38-42H,8,11-17H2,1-6H3/t18-,20+,21+,22+,23-,24-,26-,27+,28-,29+,30+,31+,32-,33+,34-,35+/m1/s1. The van der Waals surface area contributed by atoms with Gasteiger partial charge < -0.3 is 49.6 Å². The van der Waals surface area contributed by atoms with E-state index in [-0.39, 0.29) is 30.0 Å². The van der Waals surface area contributed by atoms with Crippen molar-refractivity contribution >= 4 is 5.78 Å². The highest BCUT2D eigenvalue weighted by molar-refractivity contribution is 5.98. The molecule has 6 N–H and O–H groups in total. The van der Waals surface area contributed by atoms with Crippen LogP contribution < -0.4 is 0 Å². The number of allylic oxidation sites excluding steroid dienone is 4. The Morgan fingerprint density at radius 2 is 1.70 bits per heavy atom. The summed E-state index contributed by atoms with van der Waals surface area (Å²) in [5.74, 6) is 0.499. The fourth-order valence-electron chi connectivity index (χ4n) is 10.5. The van der Waals surface area contributed by atoms with Gasteiger partial charge in [-0.05, 0) is 88.5 Å². The van der Waals surface area contributed by atoms with E-state index in [4.69, 9.17) is 18.9 Å². The minimum absolute atomic E-state index is 0.192. The molecule has 0 spiro atoms. The lowest BCUT2D eigenvalue weighted by Crippen LogP contribution is -2.70. The molecule has 0 radical (unpaired) electrons. The summed E-state index contributed by atoms with van der Waals surface area (Å²) in [4.78, 5) is 13.3. The molecule has 11 heteroatoms. The summed E-state index contributed by atoms with van der Waals surface area (Å²) in [6, 6.07) is 0. The van der Waals surface area contributed by atoms with Gasteiger partial charge in [-0.15, -0.1) is 0 Å². The molecule has 0 aromatic heterocycles.